The summed E-state index contributed by atoms with van der Waals surface area (Å²) in [6, 6.07) is 11.3. The summed E-state index contributed by atoms with van der Waals surface area (Å²) in [5, 5.41) is 0. The van der Waals surface area contributed by atoms with Crippen LogP contribution in [0.4, 0.5) is 0 Å². The van der Waals surface area contributed by atoms with Crippen LogP contribution < -0.4 is 0 Å². The molecule has 21 heavy (non-hydrogen) atoms. The molecule has 1 aliphatic heterocycles. The Morgan fingerprint density at radius 2 is 2.14 bits per heavy atom. The quantitative estimate of drug-likeness (QED) is 0.806. The van der Waals surface area contributed by atoms with Gasteiger partial charge in [0.2, 0.25) is 5.91 Å². The first-order valence-electron chi connectivity index (χ1n) is 7.74. The van der Waals surface area contributed by atoms with Gasteiger partial charge in [-0.1, -0.05) is 30.3 Å². The molecule has 1 fully saturated rings. The van der Waals surface area contributed by atoms with Crippen LogP contribution in [0.15, 0.2) is 30.3 Å². The van der Waals surface area contributed by atoms with Gasteiger partial charge in [0.05, 0.1) is 0 Å². The Balaban J connectivity index is 1.97. The van der Waals surface area contributed by atoms with Gasteiger partial charge in [-0.15, -0.1) is 0 Å². The zero-order valence-corrected chi connectivity index (χ0v) is 13.3. The minimum Gasteiger partial charge on any atom is -0.375 e. The second kappa shape index (κ2) is 7.57. The molecule has 0 unspecified atom stereocenters. The third kappa shape index (κ3) is 3.83. The minimum atomic E-state index is 0.0965. The molecule has 0 N–H and O–H groups in total. The molecule has 4 nitrogen and oxygen atoms in total. The molecule has 1 aliphatic rings. The third-order valence-electron chi connectivity index (χ3n) is 4.39. The smallest absolute Gasteiger partial charge is 0.248 e. The Hall–Kier alpha value is -1.39. The number of methoxy groups -OCH3 is 1. The molecule has 2 rings (SSSR count). The summed E-state index contributed by atoms with van der Waals surface area (Å²) in [4.78, 5) is 16.5. The predicted molar refractivity (Wildman–Crippen MR) is 84.1 cm³/mol. The largest absolute Gasteiger partial charge is 0.375 e. The van der Waals surface area contributed by atoms with E-state index in [1.165, 1.54) is 5.56 Å². The van der Waals surface area contributed by atoms with E-state index in [2.05, 4.69) is 36.1 Å². The van der Waals surface area contributed by atoms with E-state index in [0.717, 1.165) is 26.1 Å². The van der Waals surface area contributed by atoms with Crippen molar-refractivity contribution in [3.05, 3.63) is 35.9 Å². The van der Waals surface area contributed by atoms with Crippen LogP contribution in [0.25, 0.3) is 0 Å². The number of nitrogens with zero attached hydrogens (tertiary/aromatic N) is 2. The average Bonchev–Trinajstić information content (AvgIpc) is 2.98. The number of ether oxygens (including phenoxy) is 1. The molecule has 0 spiro atoms. The summed E-state index contributed by atoms with van der Waals surface area (Å²) in [5.41, 5.74) is 1.34. The number of carbonyl (C=O) groups excluding carboxylic acids is 1. The molecule has 1 heterocycles. The van der Waals surface area contributed by atoms with Gasteiger partial charge in [0, 0.05) is 38.8 Å². The van der Waals surface area contributed by atoms with Crippen molar-refractivity contribution in [1.82, 2.24) is 9.80 Å². The summed E-state index contributed by atoms with van der Waals surface area (Å²) in [6.45, 7) is 7.19. The third-order valence-corrected chi connectivity index (χ3v) is 4.39. The summed E-state index contributed by atoms with van der Waals surface area (Å²) in [6.07, 6.45) is 1.04. The molecule has 2 atom stereocenters. The standard InChI is InChI=1S/C17H26N2O2/c1-4-19(17(20)13-21-3)16-10-11-18(12-16)14(2)15-8-6-5-7-9-15/h5-9,14,16H,4,10-13H2,1-3H3/t14-,16+/m1/s1. The summed E-state index contributed by atoms with van der Waals surface area (Å²) in [5.74, 6) is 0.0965. The maximum atomic E-state index is 12.1. The second-order valence-electron chi connectivity index (χ2n) is 5.64. The van der Waals surface area contributed by atoms with Crippen molar-refractivity contribution in [3.63, 3.8) is 0 Å². The van der Waals surface area contributed by atoms with E-state index in [9.17, 15) is 4.79 Å². The Kier molecular flexibility index (Phi) is 5.76. The van der Waals surface area contributed by atoms with Crippen molar-refractivity contribution < 1.29 is 9.53 Å². The van der Waals surface area contributed by atoms with Crippen LogP contribution in [0.2, 0.25) is 0 Å². The molecule has 116 valence electrons. The van der Waals surface area contributed by atoms with Gasteiger partial charge in [0.1, 0.15) is 6.61 Å². The molecule has 1 aromatic carbocycles. The molecular formula is C17H26N2O2. The molecule has 0 radical (unpaired) electrons. The van der Waals surface area contributed by atoms with Gasteiger partial charge >= 0.3 is 0 Å². The highest BCUT2D eigenvalue weighted by Gasteiger charge is 2.32. The van der Waals surface area contributed by atoms with Crippen LogP contribution in [-0.2, 0) is 9.53 Å². The molecule has 1 aromatic rings. The van der Waals surface area contributed by atoms with Gasteiger partial charge in [0.15, 0.2) is 0 Å². The summed E-state index contributed by atoms with van der Waals surface area (Å²) in [7, 11) is 1.57. The highest BCUT2D eigenvalue weighted by molar-refractivity contribution is 5.77. The van der Waals surface area contributed by atoms with E-state index >= 15 is 0 Å². The van der Waals surface area contributed by atoms with Crippen LogP contribution in [0.1, 0.15) is 31.9 Å². The number of hydrogen-bond acceptors (Lipinski definition) is 3. The minimum absolute atomic E-state index is 0.0965. The van der Waals surface area contributed by atoms with Gasteiger partial charge in [-0.3, -0.25) is 9.69 Å². The average molecular weight is 290 g/mol. The van der Waals surface area contributed by atoms with Gasteiger partial charge in [0.25, 0.3) is 0 Å². The van der Waals surface area contributed by atoms with E-state index in [0.29, 0.717) is 12.1 Å². The Morgan fingerprint density at radius 1 is 1.43 bits per heavy atom. The lowest BCUT2D eigenvalue weighted by molar-refractivity contribution is -0.137. The van der Waals surface area contributed by atoms with E-state index in [4.69, 9.17) is 4.74 Å². The maximum Gasteiger partial charge on any atom is 0.248 e. The summed E-state index contributed by atoms with van der Waals surface area (Å²) < 4.78 is 4.98. The number of amides is 1. The van der Waals surface area contributed by atoms with Gasteiger partial charge in [-0.2, -0.15) is 0 Å². The van der Waals surface area contributed by atoms with E-state index in [1.54, 1.807) is 7.11 Å². The zero-order valence-electron chi connectivity index (χ0n) is 13.3. The van der Waals surface area contributed by atoms with Crippen molar-refractivity contribution in [2.24, 2.45) is 0 Å². The van der Waals surface area contributed by atoms with Crippen LogP contribution in [0.3, 0.4) is 0 Å². The lowest BCUT2D eigenvalue weighted by atomic mass is 10.1. The first-order valence-corrected chi connectivity index (χ1v) is 7.74. The fourth-order valence-electron chi connectivity index (χ4n) is 3.16. The predicted octanol–water partition coefficient (Wildman–Crippen LogP) is 2.32. The number of benzene rings is 1. The number of likely N-dealkylation sites (N-methyl/N-ethyl adjacent to an activating group) is 1. The highest BCUT2D eigenvalue weighted by atomic mass is 16.5. The van der Waals surface area contributed by atoms with Crippen LogP contribution in [-0.4, -0.2) is 55.1 Å². The van der Waals surface area contributed by atoms with Crippen molar-refractivity contribution in [2.45, 2.75) is 32.4 Å². The fourth-order valence-corrected chi connectivity index (χ4v) is 3.16. The first-order chi connectivity index (χ1) is 10.2. The van der Waals surface area contributed by atoms with Gasteiger partial charge in [-0.05, 0) is 25.8 Å². The Labute approximate surface area is 127 Å². The number of hydrogen-bond donors (Lipinski definition) is 0. The lowest BCUT2D eigenvalue weighted by Gasteiger charge is -2.29. The normalized spacial score (nSPS) is 20.4. The van der Waals surface area contributed by atoms with Crippen LogP contribution >= 0.6 is 0 Å². The van der Waals surface area contributed by atoms with Crippen molar-refractivity contribution in [1.29, 1.82) is 0 Å². The highest BCUT2D eigenvalue weighted by Crippen LogP contribution is 2.26. The molecule has 0 bridgehead atoms. The number of likely N-dealkylation sites (tertiary alicyclic amines) is 1. The van der Waals surface area contributed by atoms with Gasteiger partial charge in [-0.25, -0.2) is 0 Å². The molecule has 1 amide bonds. The molecule has 1 saturated heterocycles. The number of carbonyl (C=O) groups is 1. The zero-order chi connectivity index (χ0) is 15.2. The Bertz CT molecular complexity index is 449. The van der Waals surface area contributed by atoms with E-state index in [1.807, 2.05) is 17.9 Å². The molecule has 0 saturated carbocycles. The van der Waals surface area contributed by atoms with E-state index < -0.39 is 0 Å². The summed E-state index contributed by atoms with van der Waals surface area (Å²) >= 11 is 0. The van der Waals surface area contributed by atoms with Crippen LogP contribution in [0.5, 0.6) is 0 Å². The first kappa shape index (κ1) is 16.0. The molecule has 0 aliphatic carbocycles. The van der Waals surface area contributed by atoms with Crippen molar-refractivity contribution >= 4 is 5.91 Å². The molecular weight excluding hydrogens is 264 g/mol. The van der Waals surface area contributed by atoms with Crippen molar-refractivity contribution in [2.75, 3.05) is 33.4 Å². The molecule has 4 heteroatoms. The van der Waals surface area contributed by atoms with E-state index in [-0.39, 0.29) is 12.5 Å². The maximum absolute atomic E-state index is 12.1. The second-order valence-corrected chi connectivity index (χ2v) is 5.64. The lowest BCUT2D eigenvalue weighted by Crippen LogP contribution is -2.43. The topological polar surface area (TPSA) is 32.8 Å². The van der Waals surface area contributed by atoms with Crippen molar-refractivity contribution in [3.8, 4) is 0 Å². The number of rotatable bonds is 6. The van der Waals surface area contributed by atoms with Crippen LogP contribution in [0, 0.1) is 0 Å². The fraction of sp³-hybridized carbons (Fsp3) is 0.588. The Morgan fingerprint density at radius 3 is 2.76 bits per heavy atom. The SMILES string of the molecule is CCN(C(=O)COC)[C@H]1CCN([C@H](C)c2ccccc2)C1. The monoisotopic (exact) mass is 290 g/mol. The molecule has 0 aromatic heterocycles. The van der Waals surface area contributed by atoms with Gasteiger partial charge < -0.3 is 9.64 Å².